The molecule has 2 amide bonds. The molecule has 3 aromatic heterocycles. The molecular weight excluding hydrogens is 578 g/mol. The molecular formula is C36H37N7O3. The molecule has 10 nitrogen and oxygen atoms in total. The average Bonchev–Trinajstić information content (AvgIpc) is 3.26. The Morgan fingerprint density at radius 2 is 1.87 bits per heavy atom. The number of anilines is 1. The fourth-order valence-corrected chi connectivity index (χ4v) is 8.11. The number of benzene rings is 2. The third-order valence-corrected chi connectivity index (χ3v) is 10.9. The Kier molecular flexibility index (Phi) is 5.94. The number of likely N-dealkylation sites (N-methyl/N-ethyl adjacent to an activating group) is 1. The summed E-state index contributed by atoms with van der Waals surface area (Å²) in [7, 11) is 5.48. The van der Waals surface area contributed by atoms with Crippen LogP contribution < -0.4 is 15.4 Å². The van der Waals surface area contributed by atoms with Crippen molar-refractivity contribution in [3.05, 3.63) is 59.7 Å². The van der Waals surface area contributed by atoms with Gasteiger partial charge in [-0.3, -0.25) is 9.59 Å². The number of nitrogens with two attached hydrogens (primary N) is 1. The first-order valence-corrected chi connectivity index (χ1v) is 16.3. The fraction of sp³-hybridized carbons (Fsp3) is 0.389. The topological polar surface area (TPSA) is 112 Å². The SMILES string of the molecule is COc1cc(C(=O)N2CC3CCC2[C@@H]3N)cc2nc(-c3cc4ccc(-c5ccc6c(c5)CC(=O)N6C)nc4n3CC3CC3)n(C)c12. The summed E-state index contributed by atoms with van der Waals surface area (Å²) in [6.45, 7) is 1.58. The third-order valence-electron chi connectivity index (χ3n) is 10.9. The van der Waals surface area contributed by atoms with Gasteiger partial charge >= 0.3 is 0 Å². The Labute approximate surface area is 266 Å². The van der Waals surface area contributed by atoms with Crippen LogP contribution in [-0.4, -0.2) is 68.6 Å². The van der Waals surface area contributed by atoms with Crippen LogP contribution in [0.3, 0.4) is 0 Å². The van der Waals surface area contributed by atoms with E-state index in [0.717, 1.165) is 82.0 Å². The Morgan fingerprint density at radius 3 is 2.61 bits per heavy atom. The highest BCUT2D eigenvalue weighted by atomic mass is 16.5. The van der Waals surface area contributed by atoms with Gasteiger partial charge in [-0.25, -0.2) is 9.97 Å². The molecule has 0 radical (unpaired) electrons. The van der Waals surface area contributed by atoms with E-state index >= 15 is 0 Å². The lowest BCUT2D eigenvalue weighted by atomic mass is 10.1. The summed E-state index contributed by atoms with van der Waals surface area (Å²) in [5, 5.41) is 1.05. The first kappa shape index (κ1) is 27.6. The van der Waals surface area contributed by atoms with Crippen LogP contribution in [0.4, 0.5) is 5.69 Å². The van der Waals surface area contributed by atoms with Crippen molar-refractivity contribution in [3.8, 4) is 28.5 Å². The summed E-state index contributed by atoms with van der Waals surface area (Å²) < 4.78 is 10.2. The van der Waals surface area contributed by atoms with Crippen molar-refractivity contribution >= 4 is 39.6 Å². The van der Waals surface area contributed by atoms with Crippen LogP contribution in [0, 0.1) is 11.8 Å². The summed E-state index contributed by atoms with van der Waals surface area (Å²) in [5.74, 6) is 2.54. The lowest BCUT2D eigenvalue weighted by Crippen LogP contribution is -2.41. The van der Waals surface area contributed by atoms with Crippen molar-refractivity contribution in [2.45, 2.75) is 50.7 Å². The summed E-state index contributed by atoms with van der Waals surface area (Å²) in [6, 6.07) is 16.4. The summed E-state index contributed by atoms with van der Waals surface area (Å²) >= 11 is 0. The molecule has 2 aliphatic carbocycles. The standard InChI is InChI=1S/C36H37N7O3/c1-40-27-10-7-20(12-23(27)16-31(40)44)25-9-6-21-14-29(42(34(21)38-25)17-19-4-5-19)35-39-26-13-24(15-30(46-3)33(26)41(35)2)36(45)43-18-22-8-11-28(43)32(22)37/h6-7,9-10,12-15,19,22,28,32H,4-5,8,11,16-18,37H2,1-3H3/t22?,28?,32-/m1/s1. The second kappa shape index (κ2) is 9.90. The maximum atomic E-state index is 13.7. The van der Waals surface area contributed by atoms with E-state index < -0.39 is 0 Å². The molecule has 2 unspecified atom stereocenters. The van der Waals surface area contributed by atoms with Crippen LogP contribution in [0.5, 0.6) is 5.75 Å². The van der Waals surface area contributed by atoms with Gasteiger partial charge in [0, 0.05) is 61.5 Å². The van der Waals surface area contributed by atoms with E-state index in [-0.39, 0.29) is 23.9 Å². The zero-order chi connectivity index (χ0) is 31.4. The number of carbonyl (C=O) groups excluding carboxylic acids is 2. The second-order valence-electron chi connectivity index (χ2n) is 13.6. The van der Waals surface area contributed by atoms with Crippen molar-refractivity contribution in [2.75, 3.05) is 25.6 Å². The molecule has 2 N–H and O–H groups in total. The first-order valence-electron chi connectivity index (χ1n) is 16.3. The highest BCUT2D eigenvalue weighted by Crippen LogP contribution is 2.41. The van der Waals surface area contributed by atoms with E-state index in [1.54, 1.807) is 12.0 Å². The Bertz CT molecular complexity index is 2110. The molecule has 3 atom stereocenters. The van der Waals surface area contributed by atoms with Crippen molar-refractivity contribution in [2.24, 2.45) is 24.6 Å². The average molecular weight is 616 g/mol. The number of amides is 2. The molecule has 4 aliphatic rings. The number of piperidine rings is 1. The molecule has 5 aromatic rings. The van der Waals surface area contributed by atoms with Crippen molar-refractivity contribution in [1.82, 2.24) is 24.0 Å². The van der Waals surface area contributed by atoms with E-state index in [4.69, 9.17) is 20.4 Å². The number of aryl methyl sites for hydroxylation is 1. The number of hydrogen-bond donors (Lipinski definition) is 1. The van der Waals surface area contributed by atoms with E-state index in [1.807, 2.05) is 37.2 Å². The molecule has 2 saturated carbocycles. The number of imidazole rings is 1. The molecule has 10 heteroatoms. The number of pyridine rings is 1. The van der Waals surface area contributed by atoms with Gasteiger partial charge in [0.15, 0.2) is 5.82 Å². The lowest BCUT2D eigenvalue weighted by Gasteiger charge is -2.27. The maximum absolute atomic E-state index is 13.7. The van der Waals surface area contributed by atoms with E-state index in [2.05, 4.69) is 39.5 Å². The number of likely N-dealkylation sites (tertiary alicyclic amines) is 1. The summed E-state index contributed by atoms with van der Waals surface area (Å²) in [5.41, 5.74) is 14.4. The van der Waals surface area contributed by atoms with Gasteiger partial charge in [0.25, 0.3) is 5.91 Å². The molecule has 1 saturated heterocycles. The highest BCUT2D eigenvalue weighted by Gasteiger charge is 2.47. The smallest absolute Gasteiger partial charge is 0.254 e. The largest absolute Gasteiger partial charge is 0.494 e. The zero-order valence-electron chi connectivity index (χ0n) is 26.4. The molecule has 0 spiro atoms. The minimum Gasteiger partial charge on any atom is -0.494 e. The summed E-state index contributed by atoms with van der Waals surface area (Å²) in [6.07, 6.45) is 4.89. The first-order chi connectivity index (χ1) is 22.3. The van der Waals surface area contributed by atoms with E-state index in [1.165, 1.54) is 12.8 Å². The minimum absolute atomic E-state index is 0.00260. The predicted molar refractivity (Wildman–Crippen MR) is 177 cm³/mol. The number of hydrogen-bond acceptors (Lipinski definition) is 6. The van der Waals surface area contributed by atoms with Gasteiger partial charge < -0.3 is 29.4 Å². The van der Waals surface area contributed by atoms with Gasteiger partial charge in [-0.1, -0.05) is 6.07 Å². The van der Waals surface area contributed by atoms with Gasteiger partial charge in [-0.05, 0) is 85.5 Å². The van der Waals surface area contributed by atoms with E-state index in [0.29, 0.717) is 29.6 Å². The molecule has 2 bridgehead atoms. The normalized spacial score (nSPS) is 22.1. The van der Waals surface area contributed by atoms with E-state index in [9.17, 15) is 9.59 Å². The van der Waals surface area contributed by atoms with Crippen LogP contribution in [0.25, 0.3) is 44.8 Å². The number of rotatable bonds is 6. The molecule has 234 valence electrons. The second-order valence-corrected chi connectivity index (χ2v) is 13.6. The Balaban J connectivity index is 1.14. The third kappa shape index (κ3) is 4.05. The van der Waals surface area contributed by atoms with Crippen LogP contribution >= 0.6 is 0 Å². The number of methoxy groups -OCH3 is 1. The quantitative estimate of drug-likeness (QED) is 0.295. The molecule has 9 rings (SSSR count). The maximum Gasteiger partial charge on any atom is 0.254 e. The molecule has 2 aliphatic heterocycles. The van der Waals surface area contributed by atoms with Crippen molar-refractivity contribution < 1.29 is 14.3 Å². The van der Waals surface area contributed by atoms with Crippen LogP contribution in [0.2, 0.25) is 0 Å². The predicted octanol–water partition coefficient (Wildman–Crippen LogP) is 4.76. The Hall–Kier alpha value is -4.70. The van der Waals surface area contributed by atoms with Crippen LogP contribution in [0.1, 0.15) is 41.6 Å². The Morgan fingerprint density at radius 1 is 1.02 bits per heavy atom. The van der Waals surface area contributed by atoms with Gasteiger partial charge in [0.05, 0.1) is 30.4 Å². The number of ether oxygens (including phenoxy) is 1. The highest BCUT2D eigenvalue weighted by molar-refractivity contribution is 6.02. The van der Waals surface area contributed by atoms with Gasteiger partial charge in [-0.2, -0.15) is 0 Å². The van der Waals surface area contributed by atoms with Crippen molar-refractivity contribution in [3.63, 3.8) is 0 Å². The lowest BCUT2D eigenvalue weighted by molar-refractivity contribution is -0.117. The summed E-state index contributed by atoms with van der Waals surface area (Å²) in [4.78, 5) is 40.1. The molecule has 46 heavy (non-hydrogen) atoms. The van der Waals surface area contributed by atoms with Crippen molar-refractivity contribution in [1.29, 1.82) is 0 Å². The van der Waals surface area contributed by atoms with Gasteiger partial charge in [0.1, 0.15) is 16.9 Å². The number of aromatic nitrogens is 4. The van der Waals surface area contributed by atoms with Gasteiger partial charge in [0.2, 0.25) is 5.91 Å². The van der Waals surface area contributed by atoms with Crippen LogP contribution in [0.15, 0.2) is 48.5 Å². The van der Waals surface area contributed by atoms with Gasteiger partial charge in [-0.15, -0.1) is 0 Å². The monoisotopic (exact) mass is 615 g/mol. The number of fused-ring (bicyclic) bond motifs is 5. The molecule has 3 fully saturated rings. The number of carbonyl (C=O) groups is 2. The molecule has 5 heterocycles. The fourth-order valence-electron chi connectivity index (χ4n) is 8.11. The zero-order valence-corrected chi connectivity index (χ0v) is 26.4. The van der Waals surface area contributed by atoms with Crippen LogP contribution in [-0.2, 0) is 24.8 Å². The molecule has 2 aromatic carbocycles. The minimum atomic E-state index is -0.00260. The number of nitrogens with zero attached hydrogens (tertiary/aromatic N) is 6.